The quantitative estimate of drug-likeness (QED) is 0.842. The van der Waals surface area contributed by atoms with Gasteiger partial charge in [0.25, 0.3) is 5.91 Å². The van der Waals surface area contributed by atoms with E-state index < -0.39 is 5.54 Å². The van der Waals surface area contributed by atoms with Crippen LogP contribution < -0.4 is 5.32 Å². The molecule has 2 amide bonds. The Labute approximate surface area is 171 Å². The van der Waals surface area contributed by atoms with E-state index in [2.05, 4.69) is 5.32 Å². The zero-order valence-electron chi connectivity index (χ0n) is 16.6. The molecule has 0 aliphatic carbocycles. The van der Waals surface area contributed by atoms with Gasteiger partial charge in [-0.1, -0.05) is 60.7 Å². The van der Waals surface area contributed by atoms with Crippen molar-refractivity contribution >= 4 is 17.8 Å². The monoisotopic (exact) mass is 390 g/mol. The summed E-state index contributed by atoms with van der Waals surface area (Å²) in [5.41, 5.74) is 0.573. The molecule has 6 heteroatoms. The number of nitrogens with zero attached hydrogens (tertiary/aromatic N) is 2. The molecule has 2 N–H and O–H groups in total. The van der Waals surface area contributed by atoms with Gasteiger partial charge < -0.3 is 10.2 Å². The molecule has 0 aromatic heterocycles. The fourth-order valence-corrected chi connectivity index (χ4v) is 4.40. The van der Waals surface area contributed by atoms with Gasteiger partial charge in [0.15, 0.2) is 11.5 Å². The van der Waals surface area contributed by atoms with Gasteiger partial charge in [0.05, 0.1) is 0 Å². The lowest BCUT2D eigenvalue weighted by Gasteiger charge is -2.33. The van der Waals surface area contributed by atoms with Crippen molar-refractivity contribution in [2.45, 2.75) is 25.3 Å². The normalized spacial score (nSPS) is 19.3. The van der Waals surface area contributed by atoms with Crippen LogP contribution in [0.5, 0.6) is 0 Å². The van der Waals surface area contributed by atoms with Crippen LogP contribution in [0, 0.1) is 11.3 Å². The molecule has 2 saturated heterocycles. The maximum absolute atomic E-state index is 13.7. The van der Waals surface area contributed by atoms with Crippen LogP contribution in [0.25, 0.3) is 0 Å². The van der Waals surface area contributed by atoms with E-state index in [0.29, 0.717) is 19.6 Å². The third kappa shape index (κ3) is 3.39. The summed E-state index contributed by atoms with van der Waals surface area (Å²) < 4.78 is 0. The van der Waals surface area contributed by atoms with Crippen molar-refractivity contribution in [2.24, 2.45) is 5.92 Å². The second kappa shape index (κ2) is 7.70. The molecule has 2 aliphatic rings. The molecule has 150 valence electrons. The third-order valence-electron chi connectivity index (χ3n) is 6.06. The zero-order chi connectivity index (χ0) is 20.4. The van der Waals surface area contributed by atoms with Gasteiger partial charge >= 0.3 is 0 Å². The molecule has 0 atom stereocenters. The van der Waals surface area contributed by atoms with Crippen molar-refractivity contribution in [2.75, 3.05) is 19.6 Å². The van der Waals surface area contributed by atoms with Gasteiger partial charge in [0, 0.05) is 26.6 Å². The van der Waals surface area contributed by atoms with Gasteiger partial charge in [-0.25, -0.2) is 0 Å². The van der Waals surface area contributed by atoms with E-state index in [4.69, 9.17) is 5.41 Å². The number of carbonyl (C=O) groups excluding carboxylic acids is 2. The first-order chi connectivity index (χ1) is 14.0. The molecule has 0 bridgehead atoms. The van der Waals surface area contributed by atoms with Gasteiger partial charge in [-0.3, -0.25) is 19.9 Å². The van der Waals surface area contributed by atoms with Crippen molar-refractivity contribution in [3.05, 3.63) is 71.8 Å². The van der Waals surface area contributed by atoms with Crippen molar-refractivity contribution in [1.82, 2.24) is 15.1 Å². The molecule has 29 heavy (non-hydrogen) atoms. The maximum atomic E-state index is 13.7. The Morgan fingerprint density at radius 1 is 1.03 bits per heavy atom. The highest BCUT2D eigenvalue weighted by Gasteiger charge is 2.52. The molecular weight excluding hydrogens is 364 g/mol. The molecule has 4 rings (SSSR count). The van der Waals surface area contributed by atoms with Crippen LogP contribution in [-0.4, -0.2) is 47.2 Å². The fourth-order valence-electron chi connectivity index (χ4n) is 4.40. The summed E-state index contributed by atoms with van der Waals surface area (Å²) in [5.74, 6) is 0.395. The number of nitrogens with one attached hydrogen (secondary N) is 2. The van der Waals surface area contributed by atoms with Gasteiger partial charge in [0.1, 0.15) is 0 Å². The number of benzene rings is 2. The number of hydrogen-bond donors (Lipinski definition) is 2. The van der Waals surface area contributed by atoms with E-state index in [0.717, 1.165) is 24.0 Å². The molecule has 0 unspecified atom stereocenters. The topological polar surface area (TPSA) is 76.5 Å². The summed E-state index contributed by atoms with van der Waals surface area (Å²) >= 11 is 0. The summed E-state index contributed by atoms with van der Waals surface area (Å²) in [6.07, 6.45) is 1.70. The highest BCUT2D eigenvalue weighted by Crippen LogP contribution is 2.36. The van der Waals surface area contributed by atoms with E-state index in [9.17, 15) is 9.59 Å². The average molecular weight is 390 g/mol. The van der Waals surface area contributed by atoms with Gasteiger partial charge in [-0.2, -0.15) is 0 Å². The van der Waals surface area contributed by atoms with Gasteiger partial charge in [0.2, 0.25) is 5.91 Å². The average Bonchev–Trinajstić information content (AvgIpc) is 3.01. The van der Waals surface area contributed by atoms with Crippen LogP contribution in [0.2, 0.25) is 0 Å². The fraction of sp³-hybridized carbons (Fsp3) is 0.348. The number of carbonyl (C=O) groups is 2. The Hall–Kier alpha value is -3.15. The summed E-state index contributed by atoms with van der Waals surface area (Å²) in [4.78, 5) is 28.7. The van der Waals surface area contributed by atoms with Crippen molar-refractivity contribution in [1.29, 1.82) is 5.41 Å². The Bertz CT molecular complexity index is 865. The number of amides is 2. The smallest absolute Gasteiger partial charge is 0.264 e. The molecular formula is C23H26N4O2. The number of rotatable bonds is 4. The SMILES string of the molecule is CC(=O)N1CCC(CN2C(=N)NC(c3ccccc3)(c3ccccc3)C2=O)CC1. The molecule has 0 radical (unpaired) electrons. The lowest BCUT2D eigenvalue weighted by molar-refractivity contribution is -0.132. The first-order valence-electron chi connectivity index (χ1n) is 10.1. The van der Waals surface area contributed by atoms with E-state index >= 15 is 0 Å². The second-order valence-electron chi connectivity index (χ2n) is 7.82. The Balaban J connectivity index is 1.62. The van der Waals surface area contributed by atoms with Gasteiger partial charge in [-0.05, 0) is 29.9 Å². The molecule has 0 spiro atoms. The summed E-state index contributed by atoms with van der Waals surface area (Å²) in [5, 5.41) is 11.8. The van der Waals surface area contributed by atoms with E-state index in [-0.39, 0.29) is 23.7 Å². The van der Waals surface area contributed by atoms with E-state index in [1.54, 1.807) is 11.8 Å². The van der Waals surface area contributed by atoms with Crippen LogP contribution >= 0.6 is 0 Å². The minimum atomic E-state index is -1.08. The zero-order valence-corrected chi connectivity index (χ0v) is 16.6. The molecule has 2 aromatic rings. The molecule has 2 fully saturated rings. The van der Waals surface area contributed by atoms with Crippen molar-refractivity contribution < 1.29 is 9.59 Å². The summed E-state index contributed by atoms with van der Waals surface area (Å²) in [6, 6.07) is 19.2. The first-order valence-corrected chi connectivity index (χ1v) is 10.1. The summed E-state index contributed by atoms with van der Waals surface area (Å²) in [7, 11) is 0. The molecule has 2 aliphatic heterocycles. The Morgan fingerprint density at radius 2 is 1.55 bits per heavy atom. The van der Waals surface area contributed by atoms with Gasteiger partial charge in [-0.15, -0.1) is 0 Å². The highest BCUT2D eigenvalue weighted by atomic mass is 16.2. The molecule has 2 aromatic carbocycles. The van der Waals surface area contributed by atoms with Crippen molar-refractivity contribution in [3.8, 4) is 0 Å². The van der Waals surface area contributed by atoms with Crippen molar-refractivity contribution in [3.63, 3.8) is 0 Å². The van der Waals surface area contributed by atoms with E-state index in [1.807, 2.05) is 65.6 Å². The number of piperidine rings is 1. The molecule has 6 nitrogen and oxygen atoms in total. The predicted octanol–water partition coefficient (Wildman–Crippen LogP) is 2.56. The minimum absolute atomic E-state index is 0.0993. The number of likely N-dealkylation sites (tertiary alicyclic amines) is 1. The molecule has 2 heterocycles. The Morgan fingerprint density at radius 3 is 2.03 bits per heavy atom. The number of hydrogen-bond acceptors (Lipinski definition) is 3. The minimum Gasteiger partial charge on any atom is -0.343 e. The predicted molar refractivity (Wildman–Crippen MR) is 111 cm³/mol. The number of guanidine groups is 1. The Kier molecular flexibility index (Phi) is 5.09. The lowest BCUT2D eigenvalue weighted by Crippen LogP contribution is -2.46. The van der Waals surface area contributed by atoms with Crippen LogP contribution in [0.15, 0.2) is 60.7 Å². The molecule has 0 saturated carbocycles. The second-order valence-corrected chi connectivity index (χ2v) is 7.82. The van der Waals surface area contributed by atoms with E-state index in [1.165, 1.54) is 0 Å². The first kappa shape index (κ1) is 19.2. The van der Waals surface area contributed by atoms with Crippen LogP contribution in [0.1, 0.15) is 30.9 Å². The largest absolute Gasteiger partial charge is 0.343 e. The van der Waals surface area contributed by atoms with Crippen LogP contribution in [0.3, 0.4) is 0 Å². The maximum Gasteiger partial charge on any atom is 0.264 e. The summed E-state index contributed by atoms with van der Waals surface area (Å²) in [6.45, 7) is 3.52. The standard InChI is InChI=1S/C23H26N4O2/c1-17(28)26-14-12-18(13-15-26)16-27-21(29)23(25-22(27)24,19-8-4-2-5-9-19)20-10-6-3-7-11-20/h2-11,18H,12-16H2,1H3,(H2,24,25). The third-order valence-corrected chi connectivity index (χ3v) is 6.06. The van der Waals surface area contributed by atoms with Crippen LogP contribution in [0.4, 0.5) is 0 Å². The highest BCUT2D eigenvalue weighted by molar-refractivity contribution is 6.10. The van der Waals surface area contributed by atoms with Crippen LogP contribution in [-0.2, 0) is 15.1 Å². The lowest BCUT2D eigenvalue weighted by atomic mass is 9.82.